The lowest BCUT2D eigenvalue weighted by Gasteiger charge is -1.97. The summed E-state index contributed by atoms with van der Waals surface area (Å²) in [5, 5.41) is 10.6. The minimum Gasteiger partial charge on any atom is -0.369 e. The van der Waals surface area contributed by atoms with Crippen molar-refractivity contribution in [3.63, 3.8) is 0 Å². The standard InChI is InChI=1S/C10H22N4/c1-2-3-4-5-6-7-8-9-13-14-10(11)12/h9H,2-8H2,1H3,(H4,11,12,14). The van der Waals surface area contributed by atoms with Crippen molar-refractivity contribution >= 4 is 12.2 Å². The third kappa shape index (κ3) is 10.9. The zero-order chi connectivity index (χ0) is 10.6. The first-order valence-electron chi connectivity index (χ1n) is 5.39. The van der Waals surface area contributed by atoms with Gasteiger partial charge in [0.05, 0.1) is 0 Å². The summed E-state index contributed by atoms with van der Waals surface area (Å²) >= 11 is 0. The largest absolute Gasteiger partial charge is 0.369 e. The van der Waals surface area contributed by atoms with Crippen molar-refractivity contribution in [2.24, 2.45) is 10.8 Å². The second kappa shape index (κ2) is 10.0. The van der Waals surface area contributed by atoms with Crippen LogP contribution < -0.4 is 11.2 Å². The Bertz CT molecular complexity index is 166. The van der Waals surface area contributed by atoms with Crippen LogP contribution in [0.15, 0.2) is 5.10 Å². The molecule has 0 aromatic rings. The molecule has 0 rings (SSSR count). The van der Waals surface area contributed by atoms with E-state index < -0.39 is 0 Å². The summed E-state index contributed by atoms with van der Waals surface area (Å²) in [4.78, 5) is 0. The normalized spacial score (nSPS) is 10.6. The van der Waals surface area contributed by atoms with Gasteiger partial charge in [0.25, 0.3) is 0 Å². The van der Waals surface area contributed by atoms with Crippen molar-refractivity contribution in [2.75, 3.05) is 0 Å². The van der Waals surface area contributed by atoms with Crippen molar-refractivity contribution < 1.29 is 0 Å². The molecule has 0 aromatic heterocycles. The van der Waals surface area contributed by atoms with Gasteiger partial charge < -0.3 is 5.73 Å². The number of hydrazone groups is 1. The van der Waals surface area contributed by atoms with E-state index >= 15 is 0 Å². The fourth-order valence-electron chi connectivity index (χ4n) is 1.20. The predicted octanol–water partition coefficient (Wildman–Crippen LogP) is 2.21. The molecule has 0 spiro atoms. The molecular formula is C10H22N4. The van der Waals surface area contributed by atoms with Crippen LogP contribution in [0.5, 0.6) is 0 Å². The quantitative estimate of drug-likeness (QED) is 0.242. The molecule has 0 atom stereocenters. The van der Waals surface area contributed by atoms with Crippen LogP contribution in [-0.4, -0.2) is 12.2 Å². The van der Waals surface area contributed by atoms with Crippen LogP contribution in [0.1, 0.15) is 51.9 Å². The number of rotatable bonds is 8. The maximum Gasteiger partial charge on any atom is 0.206 e. The van der Waals surface area contributed by atoms with E-state index in [0.29, 0.717) is 0 Å². The van der Waals surface area contributed by atoms with E-state index in [4.69, 9.17) is 11.1 Å². The third-order valence-electron chi connectivity index (χ3n) is 1.96. The molecule has 0 unspecified atom stereocenters. The van der Waals surface area contributed by atoms with Crippen molar-refractivity contribution in [3.8, 4) is 0 Å². The number of nitrogens with one attached hydrogen (secondary N) is 2. The molecule has 0 fully saturated rings. The molecule has 0 radical (unpaired) electrons. The van der Waals surface area contributed by atoms with E-state index in [2.05, 4.69) is 17.5 Å². The highest BCUT2D eigenvalue weighted by Crippen LogP contribution is 2.05. The maximum absolute atomic E-state index is 6.84. The SMILES string of the molecule is CCCCCCCCC=NNC(=N)N. The van der Waals surface area contributed by atoms with Crippen LogP contribution in [0.4, 0.5) is 0 Å². The number of guanidine groups is 1. The highest BCUT2D eigenvalue weighted by molar-refractivity contribution is 5.75. The molecule has 0 aliphatic rings. The van der Waals surface area contributed by atoms with Crippen molar-refractivity contribution in [1.82, 2.24) is 5.43 Å². The summed E-state index contributed by atoms with van der Waals surface area (Å²) in [6.45, 7) is 2.22. The molecule has 0 heterocycles. The van der Waals surface area contributed by atoms with Gasteiger partial charge in [0, 0.05) is 6.21 Å². The summed E-state index contributed by atoms with van der Waals surface area (Å²) in [5.74, 6) is -0.107. The monoisotopic (exact) mass is 198 g/mol. The summed E-state index contributed by atoms with van der Waals surface area (Å²) in [6.07, 6.45) is 10.5. The lowest BCUT2D eigenvalue weighted by Crippen LogP contribution is -2.25. The lowest BCUT2D eigenvalue weighted by atomic mass is 10.1. The Kier molecular flexibility index (Phi) is 9.26. The van der Waals surface area contributed by atoms with Gasteiger partial charge >= 0.3 is 0 Å². The van der Waals surface area contributed by atoms with Crippen molar-refractivity contribution in [3.05, 3.63) is 0 Å². The summed E-state index contributed by atoms with van der Waals surface area (Å²) in [5.41, 5.74) is 7.43. The first kappa shape index (κ1) is 12.9. The fraction of sp³-hybridized carbons (Fsp3) is 0.800. The molecule has 0 aromatic carbocycles. The van der Waals surface area contributed by atoms with Crippen LogP contribution in [0, 0.1) is 5.41 Å². The van der Waals surface area contributed by atoms with Crippen molar-refractivity contribution in [2.45, 2.75) is 51.9 Å². The van der Waals surface area contributed by atoms with Gasteiger partial charge in [-0.2, -0.15) is 5.10 Å². The van der Waals surface area contributed by atoms with Crippen LogP contribution in [-0.2, 0) is 0 Å². The molecule has 82 valence electrons. The molecule has 4 N–H and O–H groups in total. The van der Waals surface area contributed by atoms with E-state index in [1.807, 2.05) is 0 Å². The van der Waals surface area contributed by atoms with Crippen LogP contribution in [0.2, 0.25) is 0 Å². The Hall–Kier alpha value is -1.06. The zero-order valence-corrected chi connectivity index (χ0v) is 9.05. The average Bonchev–Trinajstić information content (AvgIpc) is 2.15. The zero-order valence-electron chi connectivity index (χ0n) is 9.05. The van der Waals surface area contributed by atoms with Gasteiger partial charge in [0.1, 0.15) is 0 Å². The van der Waals surface area contributed by atoms with Gasteiger partial charge in [-0.05, 0) is 12.8 Å². The average molecular weight is 198 g/mol. The van der Waals surface area contributed by atoms with E-state index in [-0.39, 0.29) is 5.96 Å². The smallest absolute Gasteiger partial charge is 0.206 e. The molecular weight excluding hydrogens is 176 g/mol. The maximum atomic E-state index is 6.84. The van der Waals surface area contributed by atoms with Gasteiger partial charge in [-0.3, -0.25) is 5.41 Å². The summed E-state index contributed by atoms with van der Waals surface area (Å²) < 4.78 is 0. The molecule has 0 aliphatic carbocycles. The van der Waals surface area contributed by atoms with Gasteiger partial charge in [0.15, 0.2) is 0 Å². The second-order valence-corrected chi connectivity index (χ2v) is 3.39. The molecule has 0 saturated carbocycles. The first-order valence-corrected chi connectivity index (χ1v) is 5.39. The van der Waals surface area contributed by atoms with Gasteiger partial charge in [-0.1, -0.05) is 39.0 Å². The van der Waals surface area contributed by atoms with Crippen LogP contribution >= 0.6 is 0 Å². The van der Waals surface area contributed by atoms with E-state index in [9.17, 15) is 0 Å². The third-order valence-corrected chi connectivity index (χ3v) is 1.96. The van der Waals surface area contributed by atoms with Crippen LogP contribution in [0.3, 0.4) is 0 Å². The molecule has 14 heavy (non-hydrogen) atoms. The minimum absolute atomic E-state index is 0.107. The minimum atomic E-state index is -0.107. The highest BCUT2D eigenvalue weighted by atomic mass is 15.3. The Morgan fingerprint density at radius 3 is 2.57 bits per heavy atom. The molecule has 4 heteroatoms. The summed E-state index contributed by atoms with van der Waals surface area (Å²) in [7, 11) is 0. The number of nitrogens with two attached hydrogens (primary N) is 1. The van der Waals surface area contributed by atoms with Crippen molar-refractivity contribution in [1.29, 1.82) is 5.41 Å². The van der Waals surface area contributed by atoms with E-state index in [0.717, 1.165) is 6.42 Å². The highest BCUT2D eigenvalue weighted by Gasteiger charge is 1.88. The molecule has 4 nitrogen and oxygen atoms in total. The van der Waals surface area contributed by atoms with Gasteiger partial charge in [-0.15, -0.1) is 0 Å². The topological polar surface area (TPSA) is 74.3 Å². The predicted molar refractivity (Wildman–Crippen MR) is 61.5 cm³/mol. The Morgan fingerprint density at radius 1 is 1.29 bits per heavy atom. The summed E-state index contributed by atoms with van der Waals surface area (Å²) in [6, 6.07) is 0. The van der Waals surface area contributed by atoms with E-state index in [1.54, 1.807) is 6.21 Å². The van der Waals surface area contributed by atoms with E-state index in [1.165, 1.54) is 38.5 Å². The second-order valence-electron chi connectivity index (χ2n) is 3.39. The number of unbranched alkanes of at least 4 members (excludes halogenated alkanes) is 6. The first-order chi connectivity index (χ1) is 6.77. The van der Waals surface area contributed by atoms with Gasteiger partial charge in [0.2, 0.25) is 5.96 Å². The lowest BCUT2D eigenvalue weighted by molar-refractivity contribution is 0.616. The molecule has 0 amide bonds. The Balaban J connectivity index is 3.05. The number of hydrogen-bond acceptors (Lipinski definition) is 2. The fourth-order valence-corrected chi connectivity index (χ4v) is 1.20. The molecule has 0 bridgehead atoms. The number of nitrogens with zero attached hydrogens (tertiary/aromatic N) is 1. The van der Waals surface area contributed by atoms with Crippen LogP contribution in [0.25, 0.3) is 0 Å². The molecule has 0 aliphatic heterocycles. The van der Waals surface area contributed by atoms with Gasteiger partial charge in [-0.25, -0.2) is 5.43 Å². The Labute approximate surface area is 86.5 Å². The molecule has 0 saturated heterocycles. The number of hydrogen-bond donors (Lipinski definition) is 3. The Morgan fingerprint density at radius 2 is 1.93 bits per heavy atom.